The van der Waals surface area contributed by atoms with E-state index in [1.54, 1.807) is 31.2 Å². The molecule has 0 spiro atoms. The molecule has 3 N–H and O–H groups in total. The van der Waals surface area contributed by atoms with E-state index >= 15 is 0 Å². The quantitative estimate of drug-likeness (QED) is 0.838. The van der Waals surface area contributed by atoms with Crippen LogP contribution in [0, 0.1) is 0 Å². The third kappa shape index (κ3) is 6.80. The maximum absolute atomic E-state index is 11.9. The van der Waals surface area contributed by atoms with Crippen LogP contribution in [0.25, 0.3) is 0 Å². The van der Waals surface area contributed by atoms with Crippen molar-refractivity contribution < 1.29 is 9.59 Å². The van der Waals surface area contributed by atoms with E-state index in [4.69, 9.17) is 17.3 Å². The van der Waals surface area contributed by atoms with Crippen molar-refractivity contribution in [3.63, 3.8) is 0 Å². The Morgan fingerprint density at radius 3 is 2.38 bits per heavy atom. The van der Waals surface area contributed by atoms with Gasteiger partial charge in [0.25, 0.3) is 0 Å². The number of carbonyl (C=O) groups is 2. The van der Waals surface area contributed by atoms with Crippen molar-refractivity contribution in [2.24, 2.45) is 5.73 Å². The predicted octanol–water partition coefficient (Wildman–Crippen LogP) is 2.29. The first-order valence-electron chi connectivity index (χ1n) is 6.53. The van der Waals surface area contributed by atoms with Crippen LogP contribution < -0.4 is 11.1 Å². The molecule has 0 saturated carbocycles. The van der Waals surface area contributed by atoms with Crippen LogP contribution in [0.15, 0.2) is 24.3 Å². The standard InChI is InChI=1S/C14H20ClN3O2.ClH/c1-3-8-18(14(20)10(2)16)9-13(19)17-12-6-4-11(15)5-7-12;/h4-7,10H,3,8-9,16H2,1-2H3,(H,17,19);1H/t10-;/m0./s1. The van der Waals surface area contributed by atoms with E-state index in [1.165, 1.54) is 4.90 Å². The number of benzene rings is 1. The van der Waals surface area contributed by atoms with Gasteiger partial charge in [-0.15, -0.1) is 12.4 Å². The van der Waals surface area contributed by atoms with E-state index in [2.05, 4.69) is 5.32 Å². The maximum Gasteiger partial charge on any atom is 0.243 e. The normalized spacial score (nSPS) is 11.2. The number of anilines is 1. The Kier molecular flexibility index (Phi) is 9.01. The molecule has 0 aliphatic carbocycles. The highest BCUT2D eigenvalue weighted by Gasteiger charge is 2.19. The molecule has 7 heteroatoms. The molecule has 0 fully saturated rings. The number of nitrogens with zero attached hydrogens (tertiary/aromatic N) is 1. The molecule has 0 radical (unpaired) electrons. The van der Waals surface area contributed by atoms with Gasteiger partial charge in [0, 0.05) is 17.3 Å². The SMILES string of the molecule is CCCN(CC(=O)Nc1ccc(Cl)cc1)C(=O)[C@H](C)N.Cl. The molecule has 0 aliphatic rings. The lowest BCUT2D eigenvalue weighted by Gasteiger charge is -2.23. The van der Waals surface area contributed by atoms with E-state index in [0.717, 1.165) is 6.42 Å². The summed E-state index contributed by atoms with van der Waals surface area (Å²) in [5.41, 5.74) is 6.22. The van der Waals surface area contributed by atoms with Crippen LogP contribution in [0.5, 0.6) is 0 Å². The summed E-state index contributed by atoms with van der Waals surface area (Å²) in [5.74, 6) is -0.479. The molecule has 0 aliphatic heterocycles. The third-order valence-electron chi connectivity index (χ3n) is 2.66. The van der Waals surface area contributed by atoms with Gasteiger partial charge in [-0.1, -0.05) is 18.5 Å². The fourth-order valence-electron chi connectivity index (χ4n) is 1.73. The number of hydrogen-bond acceptors (Lipinski definition) is 3. The number of amides is 2. The van der Waals surface area contributed by atoms with E-state index in [9.17, 15) is 9.59 Å². The molecule has 1 atom stereocenters. The second-order valence-corrected chi connectivity index (χ2v) is 5.04. The molecular formula is C14H21Cl2N3O2. The maximum atomic E-state index is 11.9. The Morgan fingerprint density at radius 1 is 1.33 bits per heavy atom. The zero-order chi connectivity index (χ0) is 15.1. The minimum atomic E-state index is -0.607. The summed E-state index contributed by atoms with van der Waals surface area (Å²) in [6, 6.07) is 6.18. The molecule has 0 bridgehead atoms. The molecule has 0 saturated heterocycles. The Balaban J connectivity index is 0.00000400. The number of nitrogens with one attached hydrogen (secondary N) is 1. The van der Waals surface area contributed by atoms with Crippen molar-refractivity contribution in [1.29, 1.82) is 0 Å². The molecule has 1 aromatic carbocycles. The zero-order valence-electron chi connectivity index (χ0n) is 12.1. The van der Waals surface area contributed by atoms with Crippen LogP contribution in [0.3, 0.4) is 0 Å². The summed E-state index contributed by atoms with van der Waals surface area (Å²) < 4.78 is 0. The molecule has 118 valence electrons. The fraction of sp³-hybridized carbons (Fsp3) is 0.429. The van der Waals surface area contributed by atoms with Crippen molar-refractivity contribution in [2.45, 2.75) is 26.3 Å². The van der Waals surface area contributed by atoms with Crippen LogP contribution in [0.1, 0.15) is 20.3 Å². The number of nitrogens with two attached hydrogens (primary N) is 1. The lowest BCUT2D eigenvalue weighted by atomic mass is 10.2. The van der Waals surface area contributed by atoms with Gasteiger partial charge in [0.15, 0.2) is 0 Å². The topological polar surface area (TPSA) is 75.4 Å². The summed E-state index contributed by atoms with van der Waals surface area (Å²) in [6.07, 6.45) is 0.771. The first-order chi connectivity index (χ1) is 9.43. The van der Waals surface area contributed by atoms with Crippen LogP contribution in [0.4, 0.5) is 5.69 Å². The van der Waals surface area contributed by atoms with Gasteiger partial charge in [0.05, 0.1) is 12.6 Å². The number of carbonyl (C=O) groups excluding carboxylic acids is 2. The van der Waals surface area contributed by atoms with E-state index in [1.807, 2.05) is 6.92 Å². The lowest BCUT2D eigenvalue weighted by Crippen LogP contribution is -2.45. The highest BCUT2D eigenvalue weighted by Crippen LogP contribution is 2.13. The van der Waals surface area contributed by atoms with Gasteiger partial charge in [0.2, 0.25) is 11.8 Å². The smallest absolute Gasteiger partial charge is 0.243 e. The van der Waals surface area contributed by atoms with Gasteiger partial charge in [-0.05, 0) is 37.6 Å². The Bertz CT molecular complexity index is 464. The van der Waals surface area contributed by atoms with Crippen LogP contribution in [-0.4, -0.2) is 35.8 Å². The molecule has 5 nitrogen and oxygen atoms in total. The van der Waals surface area contributed by atoms with E-state index in [-0.39, 0.29) is 30.8 Å². The predicted molar refractivity (Wildman–Crippen MR) is 87.9 cm³/mol. The van der Waals surface area contributed by atoms with Crippen molar-refractivity contribution in [2.75, 3.05) is 18.4 Å². The van der Waals surface area contributed by atoms with Crippen LogP contribution in [0.2, 0.25) is 5.02 Å². The zero-order valence-corrected chi connectivity index (χ0v) is 13.7. The summed E-state index contributed by atoms with van der Waals surface area (Å²) in [4.78, 5) is 25.3. The number of hydrogen-bond donors (Lipinski definition) is 2. The second-order valence-electron chi connectivity index (χ2n) is 4.60. The van der Waals surface area contributed by atoms with Gasteiger partial charge in [-0.2, -0.15) is 0 Å². The first kappa shape index (κ1) is 19.7. The van der Waals surface area contributed by atoms with Crippen molar-refractivity contribution in [3.05, 3.63) is 29.3 Å². The van der Waals surface area contributed by atoms with Crippen molar-refractivity contribution >= 4 is 41.5 Å². The van der Waals surface area contributed by atoms with Gasteiger partial charge in [-0.25, -0.2) is 0 Å². The molecule has 1 rings (SSSR count). The largest absolute Gasteiger partial charge is 0.332 e. The average Bonchev–Trinajstić information content (AvgIpc) is 2.40. The lowest BCUT2D eigenvalue weighted by molar-refractivity contribution is -0.135. The Labute approximate surface area is 136 Å². The summed E-state index contributed by atoms with van der Waals surface area (Å²) in [5, 5.41) is 3.32. The van der Waals surface area contributed by atoms with Gasteiger partial charge in [-0.3, -0.25) is 9.59 Å². The van der Waals surface area contributed by atoms with Gasteiger partial charge < -0.3 is 16.0 Å². The minimum Gasteiger partial charge on any atom is -0.332 e. The minimum absolute atomic E-state index is 0. The molecular weight excluding hydrogens is 313 g/mol. The summed E-state index contributed by atoms with van der Waals surface area (Å²) >= 11 is 5.77. The van der Waals surface area contributed by atoms with Gasteiger partial charge in [0.1, 0.15) is 0 Å². The monoisotopic (exact) mass is 333 g/mol. The Hall–Kier alpha value is -1.30. The molecule has 0 aromatic heterocycles. The third-order valence-corrected chi connectivity index (χ3v) is 2.91. The second kappa shape index (κ2) is 9.60. The highest BCUT2D eigenvalue weighted by atomic mass is 35.5. The number of rotatable bonds is 6. The summed E-state index contributed by atoms with van der Waals surface area (Å²) in [7, 11) is 0. The molecule has 0 unspecified atom stereocenters. The molecule has 0 heterocycles. The highest BCUT2D eigenvalue weighted by molar-refractivity contribution is 6.30. The van der Waals surface area contributed by atoms with Crippen molar-refractivity contribution in [3.8, 4) is 0 Å². The van der Waals surface area contributed by atoms with Crippen molar-refractivity contribution in [1.82, 2.24) is 4.90 Å². The molecule has 1 aromatic rings. The van der Waals surface area contributed by atoms with Crippen LogP contribution >= 0.6 is 24.0 Å². The van der Waals surface area contributed by atoms with E-state index in [0.29, 0.717) is 17.3 Å². The fourth-order valence-corrected chi connectivity index (χ4v) is 1.86. The van der Waals surface area contributed by atoms with Crippen LogP contribution in [-0.2, 0) is 9.59 Å². The van der Waals surface area contributed by atoms with E-state index < -0.39 is 6.04 Å². The number of halogens is 2. The first-order valence-corrected chi connectivity index (χ1v) is 6.91. The van der Waals surface area contributed by atoms with Gasteiger partial charge >= 0.3 is 0 Å². The molecule has 2 amide bonds. The molecule has 21 heavy (non-hydrogen) atoms. The summed E-state index contributed by atoms with van der Waals surface area (Å²) in [6.45, 7) is 4.06. The average molecular weight is 334 g/mol. The Morgan fingerprint density at radius 2 is 1.90 bits per heavy atom.